The smallest absolute Gasteiger partial charge is 0.217 e. The van der Waals surface area contributed by atoms with Gasteiger partial charge in [-0.2, -0.15) is 0 Å². The van der Waals surface area contributed by atoms with E-state index >= 15 is 0 Å². The van der Waals surface area contributed by atoms with Gasteiger partial charge in [-0.05, 0) is 30.2 Å². The molecule has 19 heavy (non-hydrogen) atoms. The third-order valence-corrected chi connectivity index (χ3v) is 3.18. The highest BCUT2D eigenvalue weighted by Crippen LogP contribution is 2.24. The second-order valence-electron chi connectivity index (χ2n) is 4.60. The average Bonchev–Trinajstić information content (AvgIpc) is 2.37. The highest BCUT2D eigenvalue weighted by atomic mass is 35.5. The van der Waals surface area contributed by atoms with Crippen LogP contribution in [0.2, 0.25) is 5.02 Å². The van der Waals surface area contributed by atoms with Gasteiger partial charge in [0.15, 0.2) is 0 Å². The number of aryl methyl sites for hydroxylation is 1. The van der Waals surface area contributed by atoms with Gasteiger partial charge in [0, 0.05) is 11.9 Å². The molecule has 1 atom stereocenters. The number of hydrogen-bond acceptors (Lipinski definition) is 1. The van der Waals surface area contributed by atoms with Crippen LogP contribution in [0, 0.1) is 6.92 Å². The van der Waals surface area contributed by atoms with Crippen molar-refractivity contribution in [3.05, 3.63) is 70.2 Å². The fraction of sp³-hybridized carbons (Fsp3) is 0.188. The first-order valence-corrected chi connectivity index (χ1v) is 6.53. The normalized spacial score (nSPS) is 11.9. The molecule has 3 heteroatoms. The molecule has 0 radical (unpaired) electrons. The molecular formula is C16H16ClNO. The van der Waals surface area contributed by atoms with Gasteiger partial charge in [0.05, 0.1) is 6.04 Å². The average molecular weight is 274 g/mol. The first-order valence-electron chi connectivity index (χ1n) is 6.15. The van der Waals surface area contributed by atoms with E-state index < -0.39 is 0 Å². The molecule has 1 amide bonds. The molecule has 2 nitrogen and oxygen atoms in total. The van der Waals surface area contributed by atoms with Gasteiger partial charge < -0.3 is 5.32 Å². The molecule has 0 fully saturated rings. The van der Waals surface area contributed by atoms with Crippen LogP contribution in [0.3, 0.4) is 0 Å². The molecule has 0 aliphatic carbocycles. The number of hydrogen-bond donors (Lipinski definition) is 1. The summed E-state index contributed by atoms with van der Waals surface area (Å²) in [5, 5.41) is 3.67. The Bertz CT molecular complexity index is 578. The number of carbonyl (C=O) groups is 1. The van der Waals surface area contributed by atoms with Gasteiger partial charge in [0.2, 0.25) is 5.91 Å². The summed E-state index contributed by atoms with van der Waals surface area (Å²) >= 11 is 5.91. The van der Waals surface area contributed by atoms with Crippen LogP contribution in [0.5, 0.6) is 0 Å². The second-order valence-corrected chi connectivity index (χ2v) is 5.04. The Morgan fingerprint density at radius 1 is 1.11 bits per heavy atom. The third-order valence-electron chi connectivity index (χ3n) is 2.93. The van der Waals surface area contributed by atoms with Crippen molar-refractivity contribution in [1.82, 2.24) is 5.32 Å². The van der Waals surface area contributed by atoms with E-state index in [1.54, 1.807) is 0 Å². The number of rotatable bonds is 3. The van der Waals surface area contributed by atoms with Crippen LogP contribution >= 0.6 is 11.6 Å². The van der Waals surface area contributed by atoms with E-state index in [9.17, 15) is 4.79 Å². The molecule has 0 heterocycles. The molecular weight excluding hydrogens is 258 g/mol. The zero-order valence-corrected chi connectivity index (χ0v) is 11.7. The summed E-state index contributed by atoms with van der Waals surface area (Å²) in [7, 11) is 0. The summed E-state index contributed by atoms with van der Waals surface area (Å²) in [4.78, 5) is 11.4. The molecule has 0 aliphatic heterocycles. The predicted octanol–water partition coefficient (Wildman–Crippen LogP) is 3.87. The summed E-state index contributed by atoms with van der Waals surface area (Å²) in [6, 6.07) is 15.5. The fourth-order valence-corrected chi connectivity index (χ4v) is 2.19. The van der Waals surface area contributed by atoms with Gasteiger partial charge in [0.1, 0.15) is 0 Å². The second kappa shape index (κ2) is 5.89. The molecule has 0 saturated carbocycles. The number of benzene rings is 2. The van der Waals surface area contributed by atoms with E-state index in [-0.39, 0.29) is 11.9 Å². The first kappa shape index (κ1) is 13.6. The zero-order valence-electron chi connectivity index (χ0n) is 11.0. The van der Waals surface area contributed by atoms with Crippen molar-refractivity contribution in [1.29, 1.82) is 0 Å². The fourth-order valence-electron chi connectivity index (χ4n) is 2.07. The van der Waals surface area contributed by atoms with Gasteiger partial charge in [-0.15, -0.1) is 0 Å². The van der Waals surface area contributed by atoms with Gasteiger partial charge in [0.25, 0.3) is 0 Å². The monoisotopic (exact) mass is 273 g/mol. The summed E-state index contributed by atoms with van der Waals surface area (Å²) in [5.41, 5.74) is 3.25. The zero-order chi connectivity index (χ0) is 13.8. The Labute approximate surface area is 118 Å². The summed E-state index contributed by atoms with van der Waals surface area (Å²) in [6.07, 6.45) is 0. The molecule has 2 aromatic carbocycles. The Balaban J connectivity index is 2.40. The molecule has 0 saturated heterocycles. The van der Waals surface area contributed by atoms with Gasteiger partial charge in [-0.25, -0.2) is 0 Å². The van der Waals surface area contributed by atoms with Crippen LogP contribution in [-0.2, 0) is 4.79 Å². The first-order chi connectivity index (χ1) is 9.06. The Morgan fingerprint density at radius 3 is 2.37 bits per heavy atom. The van der Waals surface area contributed by atoms with Crippen molar-refractivity contribution in [3.8, 4) is 0 Å². The van der Waals surface area contributed by atoms with Crippen LogP contribution in [0.4, 0.5) is 0 Å². The molecule has 98 valence electrons. The van der Waals surface area contributed by atoms with Crippen LogP contribution < -0.4 is 5.32 Å². The molecule has 1 N–H and O–H groups in total. The maximum absolute atomic E-state index is 11.4. The minimum atomic E-state index is -0.144. The molecule has 0 aliphatic rings. The lowest BCUT2D eigenvalue weighted by atomic mass is 9.97. The lowest BCUT2D eigenvalue weighted by Gasteiger charge is -2.19. The van der Waals surface area contributed by atoms with E-state index in [2.05, 4.69) is 11.4 Å². The number of amides is 1. The third kappa shape index (κ3) is 3.58. The summed E-state index contributed by atoms with van der Waals surface area (Å²) < 4.78 is 0. The van der Waals surface area contributed by atoms with Crippen LogP contribution in [0.25, 0.3) is 0 Å². The quantitative estimate of drug-likeness (QED) is 0.904. The Kier molecular flexibility index (Phi) is 4.23. The van der Waals surface area contributed by atoms with E-state index in [1.165, 1.54) is 12.5 Å². The molecule has 1 unspecified atom stereocenters. The molecule has 0 bridgehead atoms. The number of halogens is 1. The minimum Gasteiger partial charge on any atom is -0.345 e. The number of carbonyl (C=O) groups excluding carboxylic acids is 1. The molecule has 2 rings (SSSR count). The van der Waals surface area contributed by atoms with E-state index in [4.69, 9.17) is 11.6 Å². The maximum Gasteiger partial charge on any atom is 0.217 e. The van der Waals surface area contributed by atoms with Gasteiger partial charge in [-0.1, -0.05) is 53.6 Å². The summed E-state index contributed by atoms with van der Waals surface area (Å²) in [6.45, 7) is 3.56. The van der Waals surface area contributed by atoms with Crippen molar-refractivity contribution in [2.75, 3.05) is 0 Å². The van der Waals surface area contributed by atoms with Crippen LogP contribution in [0.1, 0.15) is 29.7 Å². The number of nitrogens with one attached hydrogen (secondary N) is 1. The van der Waals surface area contributed by atoms with Crippen LogP contribution in [-0.4, -0.2) is 5.91 Å². The van der Waals surface area contributed by atoms with E-state index in [0.29, 0.717) is 5.02 Å². The van der Waals surface area contributed by atoms with Crippen molar-refractivity contribution in [3.63, 3.8) is 0 Å². The highest BCUT2D eigenvalue weighted by molar-refractivity contribution is 6.30. The van der Waals surface area contributed by atoms with Crippen molar-refractivity contribution >= 4 is 17.5 Å². The van der Waals surface area contributed by atoms with Crippen molar-refractivity contribution in [2.45, 2.75) is 19.9 Å². The van der Waals surface area contributed by atoms with Crippen LogP contribution in [0.15, 0.2) is 48.5 Å². The van der Waals surface area contributed by atoms with Gasteiger partial charge >= 0.3 is 0 Å². The maximum atomic E-state index is 11.4. The lowest BCUT2D eigenvalue weighted by molar-refractivity contribution is -0.119. The van der Waals surface area contributed by atoms with Crippen molar-refractivity contribution < 1.29 is 4.79 Å². The van der Waals surface area contributed by atoms with E-state index in [1.807, 2.05) is 49.4 Å². The standard InChI is InChI=1S/C16H16ClNO/c1-11-4-3-5-14(10-11)16(18-12(2)19)13-6-8-15(17)9-7-13/h3-10,16H,1-2H3,(H,18,19). The predicted molar refractivity (Wildman–Crippen MR) is 78.3 cm³/mol. The molecule has 0 spiro atoms. The Morgan fingerprint density at radius 2 is 1.79 bits per heavy atom. The minimum absolute atomic E-state index is 0.0542. The SMILES string of the molecule is CC(=O)NC(c1ccc(Cl)cc1)c1cccc(C)c1. The topological polar surface area (TPSA) is 29.1 Å². The molecule has 2 aromatic rings. The largest absolute Gasteiger partial charge is 0.345 e. The summed E-state index contributed by atoms with van der Waals surface area (Å²) in [5.74, 6) is -0.0542. The van der Waals surface area contributed by atoms with E-state index in [0.717, 1.165) is 11.1 Å². The van der Waals surface area contributed by atoms with Crippen molar-refractivity contribution in [2.24, 2.45) is 0 Å². The molecule has 0 aromatic heterocycles. The highest BCUT2D eigenvalue weighted by Gasteiger charge is 2.15. The lowest BCUT2D eigenvalue weighted by Crippen LogP contribution is -2.26. The van der Waals surface area contributed by atoms with Gasteiger partial charge in [-0.3, -0.25) is 4.79 Å². The Hall–Kier alpha value is -1.80.